The summed E-state index contributed by atoms with van der Waals surface area (Å²) >= 11 is 0. The van der Waals surface area contributed by atoms with Crippen molar-refractivity contribution in [1.82, 2.24) is 20.4 Å². The maximum absolute atomic E-state index is 12.4. The van der Waals surface area contributed by atoms with Crippen LogP contribution in [0.1, 0.15) is 11.6 Å². The maximum Gasteiger partial charge on any atom is 0.318 e. The van der Waals surface area contributed by atoms with Gasteiger partial charge in [-0.05, 0) is 25.2 Å². The van der Waals surface area contributed by atoms with Crippen molar-refractivity contribution >= 4 is 35.7 Å². The van der Waals surface area contributed by atoms with E-state index in [-0.39, 0.29) is 24.3 Å². The molecule has 0 aliphatic rings. The van der Waals surface area contributed by atoms with E-state index in [0.717, 1.165) is 5.56 Å². The lowest BCUT2D eigenvalue weighted by Gasteiger charge is -2.15. The molecule has 1 aromatic carbocycles. The molecule has 3 amide bonds. The predicted octanol–water partition coefficient (Wildman–Crippen LogP) is 1.49. The Hall–Kier alpha value is -2.58. The summed E-state index contributed by atoms with van der Waals surface area (Å²) < 4.78 is 1.64. The van der Waals surface area contributed by atoms with Crippen molar-refractivity contribution in [3.63, 3.8) is 0 Å². The topological polar surface area (TPSA) is 100 Å². The van der Waals surface area contributed by atoms with Gasteiger partial charge in [0.2, 0.25) is 5.91 Å². The number of amides is 3. The molecule has 0 bridgehead atoms. The number of halogens is 1. The second-order valence-corrected chi connectivity index (χ2v) is 4.94. The molecule has 1 atom stereocenters. The molecule has 2 aromatic rings. The van der Waals surface area contributed by atoms with Crippen molar-refractivity contribution in [2.45, 2.75) is 6.04 Å². The second-order valence-electron chi connectivity index (χ2n) is 4.94. The summed E-state index contributed by atoms with van der Waals surface area (Å²) in [7, 11) is 5.04. The van der Waals surface area contributed by atoms with Crippen molar-refractivity contribution in [1.29, 1.82) is 0 Å². The number of anilines is 2. The minimum atomic E-state index is -0.515. The highest BCUT2D eigenvalue weighted by atomic mass is 35.5. The van der Waals surface area contributed by atoms with Gasteiger partial charge in [0.25, 0.3) is 0 Å². The van der Waals surface area contributed by atoms with E-state index in [1.54, 1.807) is 55.4 Å². The quantitative estimate of drug-likeness (QED) is 0.655. The molecule has 0 saturated carbocycles. The summed E-state index contributed by atoms with van der Waals surface area (Å²) in [4.78, 5) is 23.8. The Morgan fingerprint density at radius 3 is 2.38 bits per heavy atom. The minimum Gasteiger partial charge on any atom is -0.341 e. The Labute approximate surface area is 146 Å². The molecule has 24 heavy (non-hydrogen) atoms. The Bertz CT molecular complexity index is 703. The average molecular weight is 353 g/mol. The van der Waals surface area contributed by atoms with E-state index in [9.17, 15) is 9.59 Å². The number of likely N-dealkylation sites (N-methyl/N-ethyl adjacent to an activating group) is 1. The minimum absolute atomic E-state index is 0. The number of rotatable bonds is 5. The summed E-state index contributed by atoms with van der Waals surface area (Å²) in [5, 5.41) is 15.0. The lowest BCUT2D eigenvalue weighted by Crippen LogP contribution is -2.30. The molecule has 0 spiro atoms. The summed E-state index contributed by atoms with van der Waals surface area (Å²) in [5.74, 6) is -0.211. The van der Waals surface area contributed by atoms with E-state index in [0.29, 0.717) is 11.4 Å². The normalized spacial score (nSPS) is 11.1. The van der Waals surface area contributed by atoms with E-state index in [4.69, 9.17) is 0 Å². The van der Waals surface area contributed by atoms with Gasteiger partial charge in [-0.3, -0.25) is 9.48 Å². The fourth-order valence-corrected chi connectivity index (χ4v) is 2.12. The molecule has 1 unspecified atom stereocenters. The first kappa shape index (κ1) is 19.5. The maximum atomic E-state index is 12.4. The third-order valence-corrected chi connectivity index (χ3v) is 3.22. The number of urea groups is 1. The largest absolute Gasteiger partial charge is 0.341 e. The van der Waals surface area contributed by atoms with Gasteiger partial charge < -0.3 is 21.3 Å². The Balaban J connectivity index is 0.00000288. The molecule has 1 heterocycles. The van der Waals surface area contributed by atoms with Gasteiger partial charge in [0, 0.05) is 37.2 Å². The number of carbonyl (C=O) groups excluding carboxylic acids is 2. The van der Waals surface area contributed by atoms with Crippen LogP contribution in [0.4, 0.5) is 16.2 Å². The summed E-state index contributed by atoms with van der Waals surface area (Å²) in [6, 6.07) is 6.09. The highest BCUT2D eigenvalue weighted by Gasteiger charge is 2.20. The van der Waals surface area contributed by atoms with Crippen LogP contribution in [0.25, 0.3) is 0 Å². The van der Waals surface area contributed by atoms with Crippen LogP contribution in [0.3, 0.4) is 0 Å². The van der Waals surface area contributed by atoms with E-state index >= 15 is 0 Å². The first-order valence-corrected chi connectivity index (χ1v) is 7.09. The van der Waals surface area contributed by atoms with Gasteiger partial charge in [-0.15, -0.1) is 12.4 Å². The first-order valence-electron chi connectivity index (χ1n) is 7.09. The molecule has 8 nitrogen and oxygen atoms in total. The van der Waals surface area contributed by atoms with E-state index < -0.39 is 6.04 Å². The molecule has 130 valence electrons. The molecule has 0 saturated heterocycles. The van der Waals surface area contributed by atoms with Gasteiger partial charge in [-0.1, -0.05) is 6.07 Å². The third-order valence-electron chi connectivity index (χ3n) is 3.22. The zero-order chi connectivity index (χ0) is 16.8. The van der Waals surface area contributed by atoms with Gasteiger partial charge >= 0.3 is 6.03 Å². The fourth-order valence-electron chi connectivity index (χ4n) is 2.12. The van der Waals surface area contributed by atoms with Gasteiger partial charge in [0.05, 0.1) is 6.20 Å². The average Bonchev–Trinajstić information content (AvgIpc) is 2.94. The SMILES string of the molecule is CNC(=O)Nc1cccc(NC(=O)C(NC)c2cnn(C)c2)c1.Cl. The number of nitrogens with zero attached hydrogens (tertiary/aromatic N) is 2. The van der Waals surface area contributed by atoms with Gasteiger partial charge in [0.1, 0.15) is 6.04 Å². The molecule has 0 fully saturated rings. The number of nitrogens with one attached hydrogen (secondary N) is 4. The van der Waals surface area contributed by atoms with E-state index in [1.807, 2.05) is 0 Å². The van der Waals surface area contributed by atoms with Crippen LogP contribution in [-0.2, 0) is 11.8 Å². The van der Waals surface area contributed by atoms with Crippen LogP contribution < -0.4 is 21.3 Å². The van der Waals surface area contributed by atoms with Crippen LogP contribution >= 0.6 is 12.4 Å². The predicted molar refractivity (Wildman–Crippen MR) is 95.4 cm³/mol. The third kappa shape index (κ3) is 4.97. The number of hydrogen-bond acceptors (Lipinski definition) is 4. The van der Waals surface area contributed by atoms with E-state index in [2.05, 4.69) is 26.4 Å². The Morgan fingerprint density at radius 1 is 1.17 bits per heavy atom. The zero-order valence-corrected chi connectivity index (χ0v) is 14.5. The number of hydrogen-bond donors (Lipinski definition) is 4. The van der Waals surface area contributed by atoms with Crippen LogP contribution in [0.15, 0.2) is 36.7 Å². The lowest BCUT2D eigenvalue weighted by atomic mass is 10.1. The summed E-state index contributed by atoms with van der Waals surface area (Å²) in [6.45, 7) is 0. The molecule has 9 heteroatoms. The number of carbonyl (C=O) groups is 2. The monoisotopic (exact) mass is 352 g/mol. The van der Waals surface area contributed by atoms with Gasteiger partial charge in [-0.2, -0.15) is 5.10 Å². The van der Waals surface area contributed by atoms with Crippen LogP contribution in [0.2, 0.25) is 0 Å². The molecule has 1 aromatic heterocycles. The highest BCUT2D eigenvalue weighted by molar-refractivity contribution is 5.96. The number of aromatic nitrogens is 2. The van der Waals surface area contributed by atoms with E-state index in [1.165, 1.54) is 7.05 Å². The fraction of sp³-hybridized carbons (Fsp3) is 0.267. The summed E-state index contributed by atoms with van der Waals surface area (Å²) in [5.41, 5.74) is 1.95. The van der Waals surface area contributed by atoms with Crippen molar-refractivity contribution < 1.29 is 9.59 Å². The molecule has 0 aliphatic carbocycles. The molecule has 0 radical (unpaired) electrons. The first-order chi connectivity index (χ1) is 11.0. The molecule has 2 rings (SSSR count). The lowest BCUT2D eigenvalue weighted by molar-refractivity contribution is -0.118. The van der Waals surface area contributed by atoms with Crippen molar-refractivity contribution in [2.24, 2.45) is 7.05 Å². The van der Waals surface area contributed by atoms with Crippen molar-refractivity contribution in [3.05, 3.63) is 42.2 Å². The highest BCUT2D eigenvalue weighted by Crippen LogP contribution is 2.18. The Morgan fingerprint density at radius 2 is 1.83 bits per heavy atom. The Kier molecular flexibility index (Phi) is 7.22. The number of aryl methyl sites for hydroxylation is 1. The molecular weight excluding hydrogens is 332 g/mol. The van der Waals surface area contributed by atoms with Crippen LogP contribution in [-0.4, -0.2) is 35.8 Å². The standard InChI is InChI=1S/C15H20N6O2.ClH/c1-16-13(10-8-18-21(3)9-10)14(22)19-11-5-4-6-12(7-11)20-15(23)17-2;/h4-9,13,16H,1-3H3,(H,19,22)(H2,17,20,23);1H. The second kappa shape index (κ2) is 8.90. The van der Waals surface area contributed by atoms with Crippen molar-refractivity contribution in [3.8, 4) is 0 Å². The summed E-state index contributed by atoms with van der Waals surface area (Å²) in [6.07, 6.45) is 3.43. The molecule has 4 N–H and O–H groups in total. The number of benzene rings is 1. The van der Waals surface area contributed by atoms with Crippen LogP contribution in [0, 0.1) is 0 Å². The van der Waals surface area contributed by atoms with Gasteiger partial charge in [0.15, 0.2) is 0 Å². The molecule has 0 aliphatic heterocycles. The van der Waals surface area contributed by atoms with Gasteiger partial charge in [-0.25, -0.2) is 4.79 Å². The zero-order valence-electron chi connectivity index (χ0n) is 13.7. The molecular formula is C15H21ClN6O2. The smallest absolute Gasteiger partial charge is 0.318 e. The van der Waals surface area contributed by atoms with Crippen LogP contribution in [0.5, 0.6) is 0 Å². The van der Waals surface area contributed by atoms with Crippen molar-refractivity contribution in [2.75, 3.05) is 24.7 Å².